The number of rotatable bonds is 11. The number of fused-ring (bicyclic) bond motifs is 2. The van der Waals surface area contributed by atoms with E-state index in [0.717, 1.165) is 11.1 Å². The van der Waals surface area contributed by atoms with Gasteiger partial charge < -0.3 is 21.3 Å². The van der Waals surface area contributed by atoms with Gasteiger partial charge in [-0.05, 0) is 58.7 Å². The zero-order chi connectivity index (χ0) is 25.3. The lowest BCUT2D eigenvalue weighted by Gasteiger charge is -2.16. The van der Waals surface area contributed by atoms with Gasteiger partial charge in [-0.15, -0.1) is 0 Å². The van der Waals surface area contributed by atoms with Crippen molar-refractivity contribution in [2.75, 3.05) is 26.2 Å². The molecule has 0 bridgehead atoms. The van der Waals surface area contributed by atoms with Crippen LogP contribution in [0.25, 0.3) is 21.5 Å². The number of nitrogens with one attached hydrogen (secondary N) is 4. The molecule has 6 nitrogen and oxygen atoms in total. The molecule has 6 heteroatoms. The first-order chi connectivity index (χ1) is 17.5. The molecule has 36 heavy (non-hydrogen) atoms. The zero-order valence-corrected chi connectivity index (χ0v) is 20.9. The highest BCUT2D eigenvalue weighted by molar-refractivity contribution is 5.84. The van der Waals surface area contributed by atoms with Crippen LogP contribution in [-0.2, 0) is 9.59 Å². The van der Waals surface area contributed by atoms with Crippen LogP contribution >= 0.6 is 0 Å². The molecule has 2 amide bonds. The highest BCUT2D eigenvalue weighted by Gasteiger charge is 2.10. The third-order valence-corrected chi connectivity index (χ3v) is 6.45. The molecule has 2 unspecified atom stereocenters. The number of carbonyl (C=O) groups excluding carboxylic acids is 2. The minimum atomic E-state index is -0.0973. The largest absolute Gasteiger partial charge is 0.353 e. The van der Waals surface area contributed by atoms with Gasteiger partial charge in [-0.25, -0.2) is 0 Å². The average Bonchev–Trinajstić information content (AvgIpc) is 2.92. The standard InChI is InChI=1S/C30H34N4O2/c1-21(25-13-11-23-7-3-5-9-27(23)17-25)33-19-29(35)31-15-16-32-30(36)20-34-22(2)26-14-12-24-8-4-6-10-28(24)18-26/h3-14,17-18,21-22,33-34H,15-16,19-20H2,1-2H3,(H,31,35)(H,32,36). The van der Waals surface area contributed by atoms with Crippen molar-refractivity contribution in [3.63, 3.8) is 0 Å². The van der Waals surface area contributed by atoms with E-state index in [-0.39, 0.29) is 37.0 Å². The van der Waals surface area contributed by atoms with E-state index in [2.05, 4.69) is 81.9 Å². The van der Waals surface area contributed by atoms with Gasteiger partial charge in [-0.1, -0.05) is 72.8 Å². The van der Waals surface area contributed by atoms with Gasteiger partial charge in [0.1, 0.15) is 0 Å². The highest BCUT2D eigenvalue weighted by atomic mass is 16.2. The molecule has 0 aliphatic heterocycles. The molecule has 0 heterocycles. The van der Waals surface area contributed by atoms with Crippen LogP contribution < -0.4 is 21.3 Å². The Labute approximate surface area is 212 Å². The van der Waals surface area contributed by atoms with Crippen molar-refractivity contribution >= 4 is 33.4 Å². The van der Waals surface area contributed by atoms with Gasteiger partial charge in [-0.2, -0.15) is 0 Å². The number of hydrogen-bond acceptors (Lipinski definition) is 4. The first-order valence-electron chi connectivity index (χ1n) is 12.5. The van der Waals surface area contributed by atoms with Gasteiger partial charge in [0.2, 0.25) is 11.8 Å². The van der Waals surface area contributed by atoms with Crippen molar-refractivity contribution in [2.45, 2.75) is 25.9 Å². The SMILES string of the molecule is CC(NCC(=O)NCCNC(=O)CNC(C)c1ccc2ccccc2c1)c1ccc2ccccc2c1. The molecule has 4 aromatic carbocycles. The lowest BCUT2D eigenvalue weighted by atomic mass is 10.0. The molecule has 0 aliphatic rings. The third kappa shape index (κ3) is 6.90. The lowest BCUT2D eigenvalue weighted by molar-refractivity contribution is -0.122. The molecule has 4 aromatic rings. The maximum atomic E-state index is 12.2. The molecule has 4 N–H and O–H groups in total. The normalized spacial score (nSPS) is 12.8. The number of hydrogen-bond donors (Lipinski definition) is 4. The first kappa shape index (κ1) is 25.4. The van der Waals surface area contributed by atoms with E-state index in [9.17, 15) is 9.59 Å². The summed E-state index contributed by atoms with van der Waals surface area (Å²) in [6, 6.07) is 29.2. The Kier molecular flexibility index (Phi) is 8.66. The van der Waals surface area contributed by atoms with Gasteiger partial charge in [-0.3, -0.25) is 9.59 Å². The van der Waals surface area contributed by atoms with Crippen LogP contribution in [0.4, 0.5) is 0 Å². The van der Waals surface area contributed by atoms with Gasteiger partial charge in [0, 0.05) is 25.2 Å². The molecule has 0 aromatic heterocycles. The van der Waals surface area contributed by atoms with Crippen molar-refractivity contribution in [3.05, 3.63) is 96.1 Å². The van der Waals surface area contributed by atoms with E-state index in [1.807, 2.05) is 38.1 Å². The van der Waals surface area contributed by atoms with Crippen LogP contribution in [0.15, 0.2) is 84.9 Å². The summed E-state index contributed by atoms with van der Waals surface area (Å²) >= 11 is 0. The quantitative estimate of drug-likeness (QED) is 0.241. The number of carbonyl (C=O) groups is 2. The predicted molar refractivity (Wildman–Crippen MR) is 147 cm³/mol. The van der Waals surface area contributed by atoms with Gasteiger partial charge in [0.05, 0.1) is 13.1 Å². The van der Waals surface area contributed by atoms with Crippen LogP contribution in [0, 0.1) is 0 Å². The van der Waals surface area contributed by atoms with E-state index < -0.39 is 0 Å². The van der Waals surface area contributed by atoms with E-state index >= 15 is 0 Å². The van der Waals surface area contributed by atoms with Crippen molar-refractivity contribution in [1.29, 1.82) is 0 Å². The lowest BCUT2D eigenvalue weighted by Crippen LogP contribution is -2.41. The summed E-state index contributed by atoms with van der Waals surface area (Å²) in [4.78, 5) is 24.4. The van der Waals surface area contributed by atoms with E-state index in [4.69, 9.17) is 0 Å². The molecule has 0 fully saturated rings. The smallest absolute Gasteiger partial charge is 0.234 e. The van der Waals surface area contributed by atoms with E-state index in [0.29, 0.717) is 13.1 Å². The fourth-order valence-corrected chi connectivity index (χ4v) is 4.21. The van der Waals surface area contributed by atoms with Gasteiger partial charge in [0.15, 0.2) is 0 Å². The summed E-state index contributed by atoms with van der Waals surface area (Å²) in [5.41, 5.74) is 2.28. The van der Waals surface area contributed by atoms with Crippen molar-refractivity contribution in [1.82, 2.24) is 21.3 Å². The second-order valence-electron chi connectivity index (χ2n) is 9.12. The summed E-state index contributed by atoms with van der Waals surface area (Å²) in [6.45, 7) is 5.29. The zero-order valence-electron chi connectivity index (χ0n) is 20.9. The van der Waals surface area contributed by atoms with Crippen molar-refractivity contribution in [2.24, 2.45) is 0 Å². The van der Waals surface area contributed by atoms with Crippen LogP contribution in [-0.4, -0.2) is 38.0 Å². The molecule has 2 atom stereocenters. The van der Waals surface area contributed by atoms with Crippen LogP contribution in [0.5, 0.6) is 0 Å². The summed E-state index contributed by atoms with van der Waals surface area (Å²) in [5, 5.41) is 17.0. The molecule has 186 valence electrons. The summed E-state index contributed by atoms with van der Waals surface area (Å²) in [6.07, 6.45) is 0. The molecule has 0 aliphatic carbocycles. The Bertz CT molecular complexity index is 1230. The average molecular weight is 483 g/mol. The highest BCUT2D eigenvalue weighted by Crippen LogP contribution is 2.21. The van der Waals surface area contributed by atoms with Gasteiger partial charge >= 0.3 is 0 Å². The van der Waals surface area contributed by atoms with Crippen LogP contribution in [0.1, 0.15) is 37.1 Å². The second-order valence-corrected chi connectivity index (χ2v) is 9.12. The summed E-state index contributed by atoms with van der Waals surface area (Å²) < 4.78 is 0. The monoisotopic (exact) mass is 482 g/mol. The van der Waals surface area contributed by atoms with E-state index in [1.54, 1.807) is 0 Å². The molecular formula is C30H34N4O2. The Morgan fingerprint density at radius 3 is 1.39 bits per heavy atom. The predicted octanol–water partition coefficient (Wildman–Crippen LogP) is 4.23. The van der Waals surface area contributed by atoms with Gasteiger partial charge in [0.25, 0.3) is 0 Å². The Morgan fingerprint density at radius 2 is 0.972 bits per heavy atom. The first-order valence-corrected chi connectivity index (χ1v) is 12.5. The Morgan fingerprint density at radius 1 is 0.583 bits per heavy atom. The minimum Gasteiger partial charge on any atom is -0.353 e. The van der Waals surface area contributed by atoms with Crippen molar-refractivity contribution < 1.29 is 9.59 Å². The molecule has 0 saturated heterocycles. The maximum absolute atomic E-state index is 12.2. The molecule has 4 rings (SSSR count). The maximum Gasteiger partial charge on any atom is 0.234 e. The number of benzene rings is 4. The fourth-order valence-electron chi connectivity index (χ4n) is 4.21. The second kappa shape index (κ2) is 12.3. The van der Waals surface area contributed by atoms with Crippen LogP contribution in [0.3, 0.4) is 0 Å². The molecule has 0 spiro atoms. The topological polar surface area (TPSA) is 82.3 Å². The minimum absolute atomic E-state index is 0.0516. The Hall–Kier alpha value is -3.74. The fraction of sp³-hybridized carbons (Fsp3) is 0.267. The third-order valence-electron chi connectivity index (χ3n) is 6.45. The molecule has 0 saturated carbocycles. The number of amides is 2. The van der Waals surface area contributed by atoms with Crippen molar-refractivity contribution in [3.8, 4) is 0 Å². The summed E-state index contributed by atoms with van der Waals surface area (Å²) in [7, 11) is 0. The Balaban J connectivity index is 1.11. The van der Waals surface area contributed by atoms with Crippen LogP contribution in [0.2, 0.25) is 0 Å². The summed E-state index contributed by atoms with van der Waals surface area (Å²) in [5.74, 6) is -0.195. The van der Waals surface area contributed by atoms with E-state index in [1.165, 1.54) is 21.5 Å². The molecule has 0 radical (unpaired) electrons. The molecular weight excluding hydrogens is 448 g/mol.